The van der Waals surface area contributed by atoms with E-state index in [9.17, 15) is 4.79 Å². The fraction of sp³-hybridized carbons (Fsp3) is 0.462. The van der Waals surface area contributed by atoms with Crippen molar-refractivity contribution in [3.63, 3.8) is 0 Å². The predicted octanol–water partition coefficient (Wildman–Crippen LogP) is 4.45. The molecule has 1 saturated carbocycles. The summed E-state index contributed by atoms with van der Waals surface area (Å²) in [6.45, 7) is 10.4. The summed E-state index contributed by atoms with van der Waals surface area (Å²) in [5.41, 5.74) is 2.06. The molecule has 1 saturated heterocycles. The van der Waals surface area contributed by atoms with Crippen molar-refractivity contribution in [3.8, 4) is 0 Å². The lowest BCUT2D eigenvalue weighted by Gasteiger charge is -2.37. The Bertz CT molecular complexity index is 1160. The van der Waals surface area contributed by atoms with Crippen LogP contribution in [0.25, 0.3) is 0 Å². The average molecular weight is 492 g/mol. The fourth-order valence-electron chi connectivity index (χ4n) is 4.30. The first-order chi connectivity index (χ1) is 16.9. The first-order valence-corrected chi connectivity index (χ1v) is 13.2. The molecule has 0 unspecified atom stereocenters. The topological polar surface area (TPSA) is 90.0 Å². The number of benzene rings is 1. The van der Waals surface area contributed by atoms with E-state index in [2.05, 4.69) is 51.3 Å². The Morgan fingerprint density at radius 3 is 2.46 bits per heavy atom. The maximum absolute atomic E-state index is 12.1. The molecule has 0 atom stereocenters. The Kier molecular flexibility index (Phi) is 7.06. The lowest BCUT2D eigenvalue weighted by molar-refractivity contribution is -0.119. The molecular weight excluding hydrogens is 458 g/mol. The second-order valence-corrected chi connectivity index (χ2v) is 10.8. The van der Waals surface area contributed by atoms with E-state index in [1.807, 2.05) is 31.2 Å². The lowest BCUT2D eigenvalue weighted by atomic mass is 10.1. The third-order valence-corrected chi connectivity index (χ3v) is 7.44. The number of ketones is 1. The minimum atomic E-state index is 0.298. The zero-order valence-electron chi connectivity index (χ0n) is 20.6. The van der Waals surface area contributed by atoms with Gasteiger partial charge in [0.1, 0.15) is 17.4 Å². The van der Waals surface area contributed by atoms with E-state index >= 15 is 0 Å². The second kappa shape index (κ2) is 10.4. The third-order valence-electron chi connectivity index (χ3n) is 6.57. The molecule has 2 N–H and O–H groups in total. The summed E-state index contributed by atoms with van der Waals surface area (Å²) in [6.07, 6.45) is 2.64. The van der Waals surface area contributed by atoms with Crippen LogP contribution < -0.4 is 10.2 Å². The summed E-state index contributed by atoms with van der Waals surface area (Å²) in [5.74, 6) is 3.04. The van der Waals surface area contributed by atoms with Gasteiger partial charge in [-0.15, -0.1) is 0 Å². The van der Waals surface area contributed by atoms with Crippen molar-refractivity contribution in [2.75, 3.05) is 36.4 Å². The maximum atomic E-state index is 12.1. The SMILES string of the molecule is Cc1cc(Nc2cc(N3CCN(C(C)C)CC3)nc(Sc3ccc(CC(=O)C4CC4)cc3)n2)n[nH]1. The van der Waals surface area contributed by atoms with Gasteiger partial charge in [0.25, 0.3) is 0 Å². The van der Waals surface area contributed by atoms with Gasteiger partial charge in [-0.3, -0.25) is 14.8 Å². The molecule has 1 aliphatic carbocycles. The van der Waals surface area contributed by atoms with Gasteiger partial charge < -0.3 is 10.2 Å². The standard InChI is InChI=1S/C26H33N7OS/c1-17(2)32-10-12-33(13-11-32)25-16-23(27-24-14-18(3)30-31-24)28-26(29-25)35-21-8-4-19(5-9-21)15-22(34)20-6-7-20/h4-5,8-9,14,16-17,20H,6-7,10-13,15H2,1-3H3,(H2,27,28,29,30,31). The second-order valence-electron chi connectivity index (χ2n) is 9.74. The molecule has 2 aromatic heterocycles. The molecule has 0 spiro atoms. The highest BCUT2D eigenvalue weighted by atomic mass is 32.2. The van der Waals surface area contributed by atoms with Crippen molar-refractivity contribution in [2.24, 2.45) is 5.92 Å². The number of aromatic amines is 1. The van der Waals surface area contributed by atoms with Gasteiger partial charge in [0.15, 0.2) is 11.0 Å². The summed E-state index contributed by atoms with van der Waals surface area (Å²) in [4.78, 5) is 27.7. The molecule has 0 amide bonds. The van der Waals surface area contributed by atoms with Gasteiger partial charge in [-0.25, -0.2) is 9.97 Å². The summed E-state index contributed by atoms with van der Waals surface area (Å²) >= 11 is 1.53. The number of carbonyl (C=O) groups excluding carboxylic acids is 1. The van der Waals surface area contributed by atoms with Crippen molar-refractivity contribution in [3.05, 3.63) is 47.7 Å². The number of hydrogen-bond donors (Lipinski definition) is 2. The number of H-pyrrole nitrogens is 1. The molecule has 3 aromatic rings. The molecule has 2 aliphatic rings. The van der Waals surface area contributed by atoms with E-state index in [4.69, 9.17) is 9.97 Å². The highest BCUT2D eigenvalue weighted by Crippen LogP contribution is 2.32. The van der Waals surface area contributed by atoms with Crippen LogP contribution >= 0.6 is 11.8 Å². The van der Waals surface area contributed by atoms with Crippen LogP contribution in [-0.4, -0.2) is 63.1 Å². The Balaban J connectivity index is 1.34. The predicted molar refractivity (Wildman–Crippen MR) is 140 cm³/mol. The van der Waals surface area contributed by atoms with Crippen LogP contribution in [-0.2, 0) is 11.2 Å². The normalized spacial score (nSPS) is 16.6. The van der Waals surface area contributed by atoms with Crippen molar-refractivity contribution < 1.29 is 4.79 Å². The fourth-order valence-corrected chi connectivity index (χ4v) is 5.06. The number of anilines is 3. The number of piperazine rings is 1. The maximum Gasteiger partial charge on any atom is 0.196 e. The van der Waals surface area contributed by atoms with Gasteiger partial charge in [-0.1, -0.05) is 12.1 Å². The van der Waals surface area contributed by atoms with Crippen LogP contribution in [0.1, 0.15) is 37.9 Å². The van der Waals surface area contributed by atoms with Gasteiger partial charge in [-0.2, -0.15) is 5.10 Å². The number of nitrogens with zero attached hydrogens (tertiary/aromatic N) is 5. The van der Waals surface area contributed by atoms with Crippen molar-refractivity contribution >= 4 is 35.0 Å². The number of aromatic nitrogens is 4. The number of Topliss-reactive ketones (excluding diaryl/α,β-unsaturated/α-hetero) is 1. The molecule has 2 fully saturated rings. The van der Waals surface area contributed by atoms with Crippen LogP contribution in [0.2, 0.25) is 0 Å². The Morgan fingerprint density at radius 2 is 1.83 bits per heavy atom. The van der Waals surface area contributed by atoms with E-state index in [0.29, 0.717) is 29.3 Å². The molecule has 0 radical (unpaired) electrons. The Labute approximate surface area is 210 Å². The third kappa shape index (κ3) is 6.21. The quantitative estimate of drug-likeness (QED) is 0.424. The molecule has 9 heteroatoms. The van der Waals surface area contributed by atoms with Crippen LogP contribution in [0.4, 0.5) is 17.5 Å². The molecule has 1 aromatic carbocycles. The number of carbonyl (C=O) groups is 1. The number of rotatable bonds is 9. The number of aryl methyl sites for hydroxylation is 1. The Hall–Kier alpha value is -2.91. The largest absolute Gasteiger partial charge is 0.354 e. The van der Waals surface area contributed by atoms with Gasteiger partial charge in [0.2, 0.25) is 0 Å². The van der Waals surface area contributed by atoms with Gasteiger partial charge in [0.05, 0.1) is 0 Å². The monoisotopic (exact) mass is 491 g/mol. The minimum Gasteiger partial charge on any atom is -0.354 e. The molecule has 5 rings (SSSR count). The van der Waals surface area contributed by atoms with Crippen LogP contribution in [0, 0.1) is 12.8 Å². The van der Waals surface area contributed by atoms with Crippen molar-refractivity contribution in [1.29, 1.82) is 0 Å². The van der Waals surface area contributed by atoms with E-state index in [-0.39, 0.29) is 0 Å². The first-order valence-electron chi connectivity index (χ1n) is 12.4. The smallest absolute Gasteiger partial charge is 0.196 e. The average Bonchev–Trinajstić information content (AvgIpc) is 3.62. The van der Waals surface area contributed by atoms with Gasteiger partial charge >= 0.3 is 0 Å². The number of hydrogen-bond acceptors (Lipinski definition) is 8. The molecule has 184 valence electrons. The highest BCUT2D eigenvalue weighted by molar-refractivity contribution is 7.99. The zero-order chi connectivity index (χ0) is 24.4. The van der Waals surface area contributed by atoms with Gasteiger partial charge in [-0.05, 0) is 63.1 Å². The molecule has 1 aliphatic heterocycles. The summed E-state index contributed by atoms with van der Waals surface area (Å²) < 4.78 is 0. The molecule has 0 bridgehead atoms. The summed E-state index contributed by atoms with van der Waals surface area (Å²) in [7, 11) is 0. The zero-order valence-corrected chi connectivity index (χ0v) is 21.4. The van der Waals surface area contributed by atoms with E-state index in [0.717, 1.165) is 72.6 Å². The van der Waals surface area contributed by atoms with Crippen LogP contribution in [0.15, 0.2) is 46.5 Å². The summed E-state index contributed by atoms with van der Waals surface area (Å²) in [6, 6.07) is 12.7. The highest BCUT2D eigenvalue weighted by Gasteiger charge is 2.29. The van der Waals surface area contributed by atoms with E-state index in [1.54, 1.807) is 0 Å². The van der Waals surface area contributed by atoms with Crippen molar-refractivity contribution in [1.82, 2.24) is 25.1 Å². The minimum absolute atomic E-state index is 0.298. The first kappa shape index (κ1) is 23.8. The lowest BCUT2D eigenvalue weighted by Crippen LogP contribution is -2.49. The van der Waals surface area contributed by atoms with Crippen LogP contribution in [0.5, 0.6) is 0 Å². The van der Waals surface area contributed by atoms with E-state index < -0.39 is 0 Å². The molecule has 35 heavy (non-hydrogen) atoms. The van der Waals surface area contributed by atoms with Gasteiger partial charge in [0, 0.05) is 67.3 Å². The molecule has 3 heterocycles. The Morgan fingerprint density at radius 1 is 1.09 bits per heavy atom. The molecule has 8 nitrogen and oxygen atoms in total. The summed E-state index contributed by atoms with van der Waals surface area (Å²) in [5, 5.41) is 11.3. The molecular formula is C26H33N7OS. The van der Waals surface area contributed by atoms with E-state index in [1.165, 1.54) is 11.8 Å². The van der Waals surface area contributed by atoms with Crippen LogP contribution in [0.3, 0.4) is 0 Å². The van der Waals surface area contributed by atoms with Crippen molar-refractivity contribution in [2.45, 2.75) is 56.1 Å². The number of nitrogens with one attached hydrogen (secondary N) is 2.